The molecule has 4 aromatic rings. The van der Waals surface area contributed by atoms with Crippen molar-refractivity contribution in [3.8, 4) is 5.75 Å². The van der Waals surface area contributed by atoms with Gasteiger partial charge in [0.15, 0.2) is 5.75 Å². The summed E-state index contributed by atoms with van der Waals surface area (Å²) >= 11 is 0. The lowest BCUT2D eigenvalue weighted by Crippen LogP contribution is -2.18. The molecule has 2 N–H and O–H groups in total. The second-order valence-corrected chi connectivity index (χ2v) is 9.05. The fraction of sp³-hybridized carbons (Fsp3) is 0.0385. The summed E-state index contributed by atoms with van der Waals surface area (Å²) in [5, 5.41) is 8.28. The molecule has 0 aliphatic rings. The van der Waals surface area contributed by atoms with Crippen LogP contribution in [0, 0.1) is 0 Å². The van der Waals surface area contributed by atoms with Crippen molar-refractivity contribution >= 4 is 44.6 Å². The summed E-state index contributed by atoms with van der Waals surface area (Å²) in [4.78, 5) is 23.7. The van der Waals surface area contributed by atoms with Gasteiger partial charge < -0.3 is 9.50 Å². The summed E-state index contributed by atoms with van der Waals surface area (Å²) in [6.45, 7) is 1.36. The van der Waals surface area contributed by atoms with Crippen LogP contribution in [-0.4, -0.2) is 26.4 Å². The lowest BCUT2D eigenvalue weighted by molar-refractivity contribution is -0.114. The molecule has 0 aromatic heterocycles. The zero-order valence-corrected chi connectivity index (χ0v) is 19.5. The number of carbonyl (C=O) groups is 2. The van der Waals surface area contributed by atoms with Crippen LogP contribution in [0.15, 0.2) is 101 Å². The number of anilines is 1. The Bertz CT molecular complexity index is 1530. The molecule has 0 saturated carbocycles. The van der Waals surface area contributed by atoms with Gasteiger partial charge in [0, 0.05) is 23.7 Å². The second-order valence-electron chi connectivity index (χ2n) is 7.51. The van der Waals surface area contributed by atoms with Crippen LogP contribution in [0.3, 0.4) is 0 Å². The van der Waals surface area contributed by atoms with Gasteiger partial charge in [0.1, 0.15) is 4.90 Å². The molecule has 0 radical (unpaired) electrons. The van der Waals surface area contributed by atoms with Gasteiger partial charge in [-0.15, -0.1) is 0 Å². The summed E-state index contributed by atoms with van der Waals surface area (Å²) in [7, 11) is -4.15. The normalized spacial score (nSPS) is 11.3. The highest BCUT2D eigenvalue weighted by atomic mass is 32.2. The standard InChI is InChI=1S/C26H21N3O5S/c1-18(30)28-21-13-15-22(16-14-21)35(32,33)34-25-12-5-3-8-20(25)17-27-29-26(31)24-11-6-9-19-7-2-4-10-23(19)24/h2-17H,1H3,(H,28,30)(H,29,31)/b27-17-. The van der Waals surface area contributed by atoms with E-state index >= 15 is 0 Å². The molecule has 0 heterocycles. The third-order valence-corrected chi connectivity index (χ3v) is 6.23. The maximum Gasteiger partial charge on any atom is 0.339 e. The molecule has 0 aliphatic heterocycles. The first-order valence-electron chi connectivity index (χ1n) is 10.6. The number of fused-ring (bicyclic) bond motifs is 1. The maximum atomic E-state index is 12.8. The average Bonchev–Trinajstić information content (AvgIpc) is 2.84. The predicted octanol–water partition coefficient (Wildman–Crippen LogP) is 4.33. The molecule has 9 heteroatoms. The molecule has 176 valence electrons. The number of hydrazone groups is 1. The minimum absolute atomic E-state index is 0.0431. The number of amides is 2. The number of benzene rings is 4. The van der Waals surface area contributed by atoms with Crippen LogP contribution in [-0.2, 0) is 14.9 Å². The minimum atomic E-state index is -4.15. The lowest BCUT2D eigenvalue weighted by Gasteiger charge is -2.10. The number of rotatable bonds is 7. The number of para-hydroxylation sites is 1. The predicted molar refractivity (Wildman–Crippen MR) is 134 cm³/mol. The van der Waals surface area contributed by atoms with Crippen molar-refractivity contribution in [2.45, 2.75) is 11.8 Å². The molecule has 0 unspecified atom stereocenters. The Kier molecular flexibility index (Phi) is 6.88. The smallest absolute Gasteiger partial charge is 0.339 e. The van der Waals surface area contributed by atoms with E-state index < -0.39 is 16.0 Å². The van der Waals surface area contributed by atoms with Crippen molar-refractivity contribution in [3.05, 3.63) is 102 Å². The highest BCUT2D eigenvalue weighted by Gasteiger charge is 2.18. The van der Waals surface area contributed by atoms with E-state index in [1.54, 1.807) is 30.3 Å². The van der Waals surface area contributed by atoms with E-state index in [2.05, 4.69) is 15.8 Å². The molecule has 8 nitrogen and oxygen atoms in total. The summed E-state index contributed by atoms with van der Waals surface area (Å²) < 4.78 is 30.8. The first-order valence-corrected chi connectivity index (χ1v) is 12.0. The van der Waals surface area contributed by atoms with Crippen LogP contribution >= 0.6 is 0 Å². The maximum absolute atomic E-state index is 12.8. The molecule has 4 aromatic carbocycles. The van der Waals surface area contributed by atoms with Gasteiger partial charge in [0.25, 0.3) is 5.91 Å². The quantitative estimate of drug-likeness (QED) is 0.229. The molecule has 0 spiro atoms. The van der Waals surface area contributed by atoms with Gasteiger partial charge in [-0.05, 0) is 53.2 Å². The SMILES string of the molecule is CC(=O)Nc1ccc(S(=O)(=O)Oc2ccccc2/C=N\NC(=O)c2cccc3ccccc23)cc1. The van der Waals surface area contributed by atoms with Crippen LogP contribution in [0.2, 0.25) is 0 Å². The van der Waals surface area contributed by atoms with Crippen LogP contribution in [0.5, 0.6) is 5.75 Å². The van der Waals surface area contributed by atoms with Gasteiger partial charge in [0.2, 0.25) is 5.91 Å². The molecular formula is C26H21N3O5S. The largest absolute Gasteiger partial charge is 0.378 e. The molecule has 0 fully saturated rings. The average molecular weight is 488 g/mol. The monoisotopic (exact) mass is 487 g/mol. The fourth-order valence-electron chi connectivity index (χ4n) is 3.38. The zero-order chi connectivity index (χ0) is 24.8. The van der Waals surface area contributed by atoms with E-state index in [-0.39, 0.29) is 16.6 Å². The molecule has 0 saturated heterocycles. The van der Waals surface area contributed by atoms with Gasteiger partial charge in [-0.3, -0.25) is 9.59 Å². The van der Waals surface area contributed by atoms with Crippen molar-refractivity contribution in [2.75, 3.05) is 5.32 Å². The summed E-state index contributed by atoms with van der Waals surface area (Å²) in [6, 6.07) is 24.9. The van der Waals surface area contributed by atoms with Crippen molar-refractivity contribution < 1.29 is 22.2 Å². The van der Waals surface area contributed by atoms with Crippen molar-refractivity contribution in [3.63, 3.8) is 0 Å². The highest BCUT2D eigenvalue weighted by molar-refractivity contribution is 7.87. The molecule has 2 amide bonds. The van der Waals surface area contributed by atoms with Crippen molar-refractivity contribution in [1.82, 2.24) is 5.43 Å². The van der Waals surface area contributed by atoms with Gasteiger partial charge in [0.05, 0.1) is 6.21 Å². The Hall–Kier alpha value is -4.50. The van der Waals surface area contributed by atoms with Crippen molar-refractivity contribution in [1.29, 1.82) is 0 Å². The van der Waals surface area contributed by atoms with Crippen LogP contribution in [0.25, 0.3) is 10.8 Å². The summed E-state index contributed by atoms with van der Waals surface area (Å²) in [5.41, 5.74) is 3.76. The Morgan fingerprint density at radius 1 is 0.857 bits per heavy atom. The molecule has 35 heavy (non-hydrogen) atoms. The Morgan fingerprint density at radius 2 is 1.54 bits per heavy atom. The van der Waals surface area contributed by atoms with Crippen LogP contribution in [0.4, 0.5) is 5.69 Å². The Morgan fingerprint density at radius 3 is 2.31 bits per heavy atom. The third-order valence-electron chi connectivity index (χ3n) is 4.99. The third kappa shape index (κ3) is 5.71. The number of hydrogen-bond acceptors (Lipinski definition) is 6. The lowest BCUT2D eigenvalue weighted by atomic mass is 10.0. The van der Waals surface area contributed by atoms with Gasteiger partial charge in [-0.1, -0.05) is 48.5 Å². The van der Waals surface area contributed by atoms with Crippen LogP contribution in [0.1, 0.15) is 22.8 Å². The first kappa shape index (κ1) is 23.7. The molecule has 0 bridgehead atoms. The van der Waals surface area contributed by atoms with Gasteiger partial charge in [-0.25, -0.2) is 5.43 Å². The Labute approximate surface area is 202 Å². The van der Waals surface area contributed by atoms with E-state index in [1.807, 2.05) is 30.3 Å². The Balaban J connectivity index is 1.50. The van der Waals surface area contributed by atoms with E-state index in [0.717, 1.165) is 10.8 Å². The highest BCUT2D eigenvalue weighted by Crippen LogP contribution is 2.23. The minimum Gasteiger partial charge on any atom is -0.378 e. The topological polar surface area (TPSA) is 114 Å². The number of nitrogens with zero attached hydrogens (tertiary/aromatic N) is 1. The van der Waals surface area contributed by atoms with Gasteiger partial charge >= 0.3 is 10.1 Å². The molecule has 4 rings (SSSR count). The zero-order valence-electron chi connectivity index (χ0n) is 18.6. The number of nitrogens with one attached hydrogen (secondary N) is 2. The van der Waals surface area contributed by atoms with E-state index in [9.17, 15) is 18.0 Å². The summed E-state index contributed by atoms with van der Waals surface area (Å²) in [5.74, 6) is -0.623. The molecule has 0 atom stereocenters. The van der Waals surface area contributed by atoms with E-state index in [4.69, 9.17) is 4.18 Å². The van der Waals surface area contributed by atoms with Crippen molar-refractivity contribution in [2.24, 2.45) is 5.10 Å². The van der Waals surface area contributed by atoms with Gasteiger partial charge in [-0.2, -0.15) is 13.5 Å². The first-order chi connectivity index (χ1) is 16.8. The number of hydrogen-bond donors (Lipinski definition) is 2. The molecular weight excluding hydrogens is 466 g/mol. The number of carbonyl (C=O) groups excluding carboxylic acids is 2. The molecule has 0 aliphatic carbocycles. The van der Waals surface area contributed by atoms with E-state index in [1.165, 1.54) is 43.5 Å². The van der Waals surface area contributed by atoms with Crippen LogP contribution < -0.4 is 14.9 Å². The fourth-order valence-corrected chi connectivity index (χ4v) is 4.34. The summed E-state index contributed by atoms with van der Waals surface area (Å²) in [6.07, 6.45) is 1.31. The second kappa shape index (κ2) is 10.2. The van der Waals surface area contributed by atoms with E-state index in [0.29, 0.717) is 16.8 Å².